The van der Waals surface area contributed by atoms with Gasteiger partial charge in [0.05, 0.1) is 0 Å². The zero-order valence-corrected chi connectivity index (χ0v) is 11.0. The van der Waals surface area contributed by atoms with Crippen LogP contribution in [0, 0.1) is 13.8 Å². The van der Waals surface area contributed by atoms with E-state index in [9.17, 15) is 0 Å². The van der Waals surface area contributed by atoms with Gasteiger partial charge in [0.15, 0.2) is 0 Å². The maximum atomic E-state index is 2.34. The monoisotopic (exact) mass is 254 g/mol. The Hall–Kier alpha value is -1.56. The molecule has 0 heterocycles. The van der Waals surface area contributed by atoms with Gasteiger partial charge in [-0.25, -0.2) is 0 Å². The largest absolute Gasteiger partial charge is 0.0776 e. The molecule has 0 aliphatic heterocycles. The summed E-state index contributed by atoms with van der Waals surface area (Å²) in [7, 11) is 0. The molecule has 2 aromatic rings. The van der Waals surface area contributed by atoms with E-state index in [0.29, 0.717) is 0 Å². The summed E-state index contributed by atoms with van der Waals surface area (Å²) in [4.78, 5) is 0. The molecule has 19 heavy (non-hydrogen) atoms. The van der Waals surface area contributed by atoms with E-state index in [1.807, 2.05) is 0 Å². The molecule has 0 unspecified atom stereocenters. The maximum absolute atomic E-state index is 2.34. The first kappa shape index (κ1) is 15.5. The second-order valence-electron chi connectivity index (χ2n) is 5.72. The van der Waals surface area contributed by atoms with Crippen LogP contribution < -0.4 is 0 Å². The van der Waals surface area contributed by atoms with E-state index < -0.39 is 0 Å². The van der Waals surface area contributed by atoms with Crippen molar-refractivity contribution >= 4 is 0 Å². The summed E-state index contributed by atoms with van der Waals surface area (Å²) >= 11 is 0. The maximum Gasteiger partial charge on any atom is 0.0159 e. The minimum absolute atomic E-state index is 0. The van der Waals surface area contributed by atoms with Crippen molar-refractivity contribution in [3.63, 3.8) is 0 Å². The molecule has 0 heteroatoms. The first-order chi connectivity index (χ1) is 8.00. The highest BCUT2D eigenvalue weighted by atomic mass is 14.4. The number of hydrogen-bond donors (Lipinski definition) is 0. The molecule has 0 N–H and O–H groups in total. The van der Waals surface area contributed by atoms with Crippen molar-refractivity contribution in [3.05, 3.63) is 58.7 Å². The Bertz CT molecular complexity index is 550. The normalized spacial score (nSPS) is 13.9. The third kappa shape index (κ3) is 2.10. The van der Waals surface area contributed by atoms with Crippen LogP contribution in [-0.2, 0) is 5.41 Å². The Kier molecular flexibility index (Phi) is 3.95. The van der Waals surface area contributed by atoms with Crippen LogP contribution in [0.3, 0.4) is 0 Å². The molecular formula is C19H26. The third-order valence-corrected chi connectivity index (χ3v) is 3.99. The van der Waals surface area contributed by atoms with Gasteiger partial charge in [-0.05, 0) is 36.1 Å². The van der Waals surface area contributed by atoms with Crippen molar-refractivity contribution in [2.45, 2.75) is 48.0 Å². The summed E-state index contributed by atoms with van der Waals surface area (Å²) in [6.07, 6.45) is 0. The fourth-order valence-electron chi connectivity index (χ4n) is 2.97. The highest BCUT2D eigenvalue weighted by Gasteiger charge is 2.35. The van der Waals surface area contributed by atoms with E-state index in [1.165, 1.54) is 33.4 Å². The second kappa shape index (κ2) is 4.85. The van der Waals surface area contributed by atoms with E-state index in [2.05, 4.69) is 64.1 Å². The summed E-state index contributed by atoms with van der Waals surface area (Å²) in [6.45, 7) is 9.00. The van der Waals surface area contributed by atoms with Gasteiger partial charge in [0.2, 0.25) is 0 Å². The lowest BCUT2D eigenvalue weighted by Crippen LogP contribution is -2.15. The zero-order chi connectivity index (χ0) is 12.2. The lowest BCUT2D eigenvalue weighted by Gasteiger charge is -2.22. The van der Waals surface area contributed by atoms with Gasteiger partial charge in [-0.1, -0.05) is 76.2 Å². The van der Waals surface area contributed by atoms with Crippen molar-refractivity contribution in [1.82, 2.24) is 0 Å². The first-order valence-electron chi connectivity index (χ1n) is 6.23. The summed E-state index contributed by atoms with van der Waals surface area (Å²) < 4.78 is 0. The van der Waals surface area contributed by atoms with Gasteiger partial charge in [-0.15, -0.1) is 0 Å². The number of hydrogen-bond acceptors (Lipinski definition) is 0. The van der Waals surface area contributed by atoms with Crippen molar-refractivity contribution in [3.8, 4) is 11.1 Å². The van der Waals surface area contributed by atoms with E-state index in [0.717, 1.165) is 0 Å². The summed E-state index contributed by atoms with van der Waals surface area (Å²) in [5.41, 5.74) is 8.60. The van der Waals surface area contributed by atoms with E-state index >= 15 is 0 Å². The van der Waals surface area contributed by atoms with Crippen LogP contribution in [0.15, 0.2) is 36.4 Å². The zero-order valence-electron chi connectivity index (χ0n) is 11.0. The molecule has 0 radical (unpaired) electrons. The Morgan fingerprint density at radius 3 is 1.42 bits per heavy atom. The smallest absolute Gasteiger partial charge is 0.0159 e. The van der Waals surface area contributed by atoms with Crippen molar-refractivity contribution in [1.29, 1.82) is 0 Å². The molecule has 3 rings (SSSR count). The van der Waals surface area contributed by atoms with E-state index in [-0.39, 0.29) is 20.3 Å². The highest BCUT2D eigenvalue weighted by molar-refractivity contribution is 5.81. The second-order valence-corrected chi connectivity index (χ2v) is 5.72. The molecular weight excluding hydrogens is 228 g/mol. The minimum atomic E-state index is 0. The number of rotatable bonds is 0. The van der Waals surface area contributed by atoms with E-state index in [1.54, 1.807) is 0 Å². The first-order valence-corrected chi connectivity index (χ1v) is 6.23. The summed E-state index contributed by atoms with van der Waals surface area (Å²) in [5.74, 6) is 0. The van der Waals surface area contributed by atoms with Gasteiger partial charge in [0.1, 0.15) is 0 Å². The Morgan fingerprint density at radius 2 is 1.05 bits per heavy atom. The molecule has 102 valence electrons. The Balaban J connectivity index is 0.000000902. The quantitative estimate of drug-likeness (QED) is 0.550. The van der Waals surface area contributed by atoms with Crippen LogP contribution in [0.25, 0.3) is 11.1 Å². The number of benzene rings is 2. The third-order valence-electron chi connectivity index (χ3n) is 3.99. The fourth-order valence-corrected chi connectivity index (χ4v) is 2.97. The average Bonchev–Trinajstić information content (AvgIpc) is 2.49. The predicted molar refractivity (Wildman–Crippen MR) is 86.9 cm³/mol. The molecule has 1 aliphatic rings. The van der Waals surface area contributed by atoms with Gasteiger partial charge in [0, 0.05) is 5.41 Å². The van der Waals surface area contributed by atoms with Gasteiger partial charge >= 0.3 is 0 Å². The van der Waals surface area contributed by atoms with Crippen LogP contribution in [-0.4, -0.2) is 0 Å². The molecule has 0 fully saturated rings. The van der Waals surface area contributed by atoms with Crippen LogP contribution in [0.2, 0.25) is 0 Å². The molecule has 0 spiro atoms. The SMILES string of the molecule is C.C.Cc1ccc2c(c1)C(C)(C)c1cc(C)ccc1-2. The molecule has 0 saturated carbocycles. The fraction of sp³-hybridized carbons (Fsp3) is 0.368. The molecule has 1 aliphatic carbocycles. The van der Waals surface area contributed by atoms with Crippen molar-refractivity contribution in [2.75, 3.05) is 0 Å². The topological polar surface area (TPSA) is 0 Å². The van der Waals surface area contributed by atoms with Gasteiger partial charge in [-0.3, -0.25) is 0 Å². The average molecular weight is 254 g/mol. The lowest BCUT2D eigenvalue weighted by atomic mass is 9.81. The van der Waals surface area contributed by atoms with E-state index in [4.69, 9.17) is 0 Å². The Morgan fingerprint density at radius 1 is 0.684 bits per heavy atom. The van der Waals surface area contributed by atoms with Crippen LogP contribution >= 0.6 is 0 Å². The molecule has 0 atom stereocenters. The summed E-state index contributed by atoms with van der Waals surface area (Å²) in [5, 5.41) is 0. The van der Waals surface area contributed by atoms with Crippen LogP contribution in [0.1, 0.15) is 51.0 Å². The number of aryl methyl sites for hydroxylation is 2. The molecule has 0 nitrogen and oxygen atoms in total. The van der Waals surface area contributed by atoms with Crippen LogP contribution in [0.4, 0.5) is 0 Å². The van der Waals surface area contributed by atoms with Gasteiger partial charge < -0.3 is 0 Å². The molecule has 0 saturated heterocycles. The van der Waals surface area contributed by atoms with Gasteiger partial charge in [-0.2, -0.15) is 0 Å². The van der Waals surface area contributed by atoms with Crippen LogP contribution in [0.5, 0.6) is 0 Å². The highest BCUT2D eigenvalue weighted by Crippen LogP contribution is 2.48. The van der Waals surface area contributed by atoms with Crippen molar-refractivity contribution < 1.29 is 0 Å². The Labute approximate surface area is 118 Å². The minimum Gasteiger partial charge on any atom is -0.0776 e. The molecule has 0 amide bonds. The van der Waals surface area contributed by atoms with Crippen molar-refractivity contribution in [2.24, 2.45) is 0 Å². The number of fused-ring (bicyclic) bond motifs is 3. The predicted octanol–water partition coefficient (Wildman–Crippen LogP) is 5.88. The summed E-state index contributed by atoms with van der Waals surface area (Å²) in [6, 6.07) is 13.6. The standard InChI is InChI=1S/C17H18.2CH4/c1-11-5-7-13-14-8-6-12(2)10-16(14)17(3,4)15(13)9-11;;/h5-10H,1-4H3;2*1H4. The molecule has 0 bridgehead atoms. The molecule has 0 aromatic heterocycles. The molecule has 2 aromatic carbocycles. The van der Waals surface area contributed by atoms with Gasteiger partial charge in [0.25, 0.3) is 0 Å². The lowest BCUT2D eigenvalue weighted by molar-refractivity contribution is 0.659.